The molecule has 0 unspecified atom stereocenters. The van der Waals surface area contributed by atoms with Gasteiger partial charge in [0.05, 0.1) is 18.0 Å². The number of carbonyl (C=O) groups excluding carboxylic acids is 1. The number of nitrogens with zero attached hydrogens (tertiary/aromatic N) is 3. The Hall–Kier alpha value is -2.43. The fraction of sp³-hybridized carbons (Fsp3) is 0.450. The number of aliphatic imine (C=N–C) groups is 1. The van der Waals surface area contributed by atoms with Crippen LogP contribution in [0, 0.1) is 6.92 Å². The van der Waals surface area contributed by atoms with Crippen LogP contribution in [0.15, 0.2) is 29.3 Å². The van der Waals surface area contributed by atoms with Crippen molar-refractivity contribution in [2.24, 2.45) is 4.99 Å². The zero-order valence-corrected chi connectivity index (χ0v) is 15.8. The number of nitrogens with one attached hydrogen (secondary N) is 1. The van der Waals surface area contributed by atoms with Gasteiger partial charge in [0.1, 0.15) is 5.69 Å². The molecule has 0 atom stereocenters. The van der Waals surface area contributed by atoms with E-state index in [1.165, 1.54) is 5.56 Å². The zero-order valence-electron chi connectivity index (χ0n) is 15.8. The second kappa shape index (κ2) is 6.14. The van der Waals surface area contributed by atoms with E-state index in [2.05, 4.69) is 57.3 Å². The molecule has 2 heterocycles. The smallest absolute Gasteiger partial charge is 0.272 e. The number of aromatic nitrogens is 2. The third kappa shape index (κ3) is 3.23. The Balaban J connectivity index is 2.23. The van der Waals surface area contributed by atoms with Gasteiger partial charge in [-0.3, -0.25) is 9.48 Å². The maximum absolute atomic E-state index is 12.8. The minimum Gasteiger partial charge on any atom is -0.345 e. The molecular formula is C20H26N4O. The van der Waals surface area contributed by atoms with E-state index in [9.17, 15) is 4.79 Å². The van der Waals surface area contributed by atoms with Crippen LogP contribution in [-0.4, -0.2) is 27.9 Å². The van der Waals surface area contributed by atoms with Crippen molar-refractivity contribution in [3.05, 3.63) is 46.8 Å². The summed E-state index contributed by atoms with van der Waals surface area (Å²) in [5.74, 6) is -0.113. The lowest BCUT2D eigenvalue weighted by molar-refractivity contribution is 0.0948. The van der Waals surface area contributed by atoms with Gasteiger partial charge in [0.2, 0.25) is 0 Å². The Kier molecular flexibility index (Phi) is 4.27. The van der Waals surface area contributed by atoms with E-state index >= 15 is 0 Å². The highest BCUT2D eigenvalue weighted by Gasteiger charge is 2.32. The molecule has 5 nitrogen and oxygen atoms in total. The number of fused-ring (bicyclic) bond motifs is 1. The third-order valence-electron chi connectivity index (χ3n) is 4.35. The van der Waals surface area contributed by atoms with E-state index in [0.29, 0.717) is 17.9 Å². The average Bonchev–Trinajstić information content (AvgIpc) is 2.84. The third-order valence-corrected chi connectivity index (χ3v) is 4.35. The topological polar surface area (TPSA) is 59.3 Å². The first-order valence-electron chi connectivity index (χ1n) is 8.74. The summed E-state index contributed by atoms with van der Waals surface area (Å²) >= 11 is 0. The molecule has 0 spiro atoms. The van der Waals surface area contributed by atoms with Crippen LogP contribution in [-0.2, 0) is 5.41 Å². The van der Waals surface area contributed by atoms with Gasteiger partial charge in [0.25, 0.3) is 5.91 Å². The summed E-state index contributed by atoms with van der Waals surface area (Å²) in [5, 5.41) is 7.74. The lowest BCUT2D eigenvalue weighted by atomic mass is 9.91. The Morgan fingerprint density at radius 2 is 1.80 bits per heavy atom. The van der Waals surface area contributed by atoms with Crippen molar-refractivity contribution in [3.8, 4) is 0 Å². The molecule has 1 aliphatic heterocycles. The van der Waals surface area contributed by atoms with Crippen LogP contribution < -0.4 is 5.32 Å². The largest absolute Gasteiger partial charge is 0.345 e. The summed E-state index contributed by atoms with van der Waals surface area (Å²) in [6, 6.07) is 8.32. The van der Waals surface area contributed by atoms with Gasteiger partial charge in [0.15, 0.2) is 5.69 Å². The monoisotopic (exact) mass is 338 g/mol. The summed E-state index contributed by atoms with van der Waals surface area (Å²) in [4.78, 5) is 17.7. The van der Waals surface area contributed by atoms with Gasteiger partial charge in [-0.15, -0.1) is 0 Å². The molecule has 1 aromatic heterocycles. The quantitative estimate of drug-likeness (QED) is 0.902. The first kappa shape index (κ1) is 17.4. The molecule has 0 radical (unpaired) electrons. The molecule has 132 valence electrons. The van der Waals surface area contributed by atoms with Crippen molar-refractivity contribution in [2.75, 3.05) is 6.54 Å². The van der Waals surface area contributed by atoms with Gasteiger partial charge in [-0.1, -0.05) is 50.6 Å². The number of carbonyl (C=O) groups is 1. The van der Waals surface area contributed by atoms with E-state index in [0.717, 1.165) is 17.0 Å². The van der Waals surface area contributed by atoms with Gasteiger partial charge >= 0.3 is 0 Å². The van der Waals surface area contributed by atoms with Crippen LogP contribution in [0.2, 0.25) is 0 Å². The average molecular weight is 338 g/mol. The summed E-state index contributed by atoms with van der Waals surface area (Å²) in [6.45, 7) is 12.8. The fourth-order valence-corrected chi connectivity index (χ4v) is 2.96. The lowest BCUT2D eigenvalue weighted by Crippen LogP contribution is -2.30. The maximum atomic E-state index is 12.8. The fourth-order valence-electron chi connectivity index (χ4n) is 2.96. The second-order valence-electron chi connectivity index (χ2n) is 7.94. The van der Waals surface area contributed by atoms with Gasteiger partial charge in [-0.2, -0.15) is 5.10 Å². The normalized spacial score (nSPS) is 14.8. The summed E-state index contributed by atoms with van der Waals surface area (Å²) in [7, 11) is 0. The molecule has 2 aromatic rings. The van der Waals surface area contributed by atoms with Crippen LogP contribution in [0.1, 0.15) is 68.0 Å². The maximum Gasteiger partial charge on any atom is 0.272 e. The molecule has 0 saturated heterocycles. The van der Waals surface area contributed by atoms with Crippen molar-refractivity contribution in [3.63, 3.8) is 0 Å². The lowest BCUT2D eigenvalue weighted by Gasteiger charge is -2.16. The Morgan fingerprint density at radius 3 is 2.36 bits per heavy atom. The van der Waals surface area contributed by atoms with Crippen LogP contribution in [0.5, 0.6) is 0 Å². The minimum absolute atomic E-state index is 0.0896. The van der Waals surface area contributed by atoms with Crippen LogP contribution in [0.25, 0.3) is 0 Å². The summed E-state index contributed by atoms with van der Waals surface area (Å²) < 4.78 is 1.80. The molecule has 1 N–H and O–H groups in total. The number of hydrogen-bond acceptors (Lipinski definition) is 3. The number of amides is 1. The molecule has 0 aliphatic carbocycles. The molecule has 0 fully saturated rings. The van der Waals surface area contributed by atoms with Crippen molar-refractivity contribution in [1.82, 2.24) is 15.1 Å². The number of benzene rings is 1. The second-order valence-corrected chi connectivity index (χ2v) is 7.94. The first-order chi connectivity index (χ1) is 11.7. The van der Waals surface area contributed by atoms with Crippen LogP contribution in [0.3, 0.4) is 0 Å². The molecule has 3 rings (SSSR count). The van der Waals surface area contributed by atoms with Gasteiger partial charge in [0, 0.05) is 11.5 Å². The molecule has 1 amide bonds. The predicted octanol–water partition coefficient (Wildman–Crippen LogP) is 3.93. The van der Waals surface area contributed by atoms with Crippen molar-refractivity contribution >= 4 is 17.3 Å². The van der Waals surface area contributed by atoms with E-state index in [4.69, 9.17) is 10.1 Å². The van der Waals surface area contributed by atoms with E-state index in [-0.39, 0.29) is 17.4 Å². The highest BCUT2D eigenvalue weighted by molar-refractivity contribution is 6.10. The van der Waals surface area contributed by atoms with Crippen molar-refractivity contribution in [1.29, 1.82) is 0 Å². The Morgan fingerprint density at radius 1 is 1.16 bits per heavy atom. The molecule has 1 aliphatic rings. The van der Waals surface area contributed by atoms with Gasteiger partial charge in [-0.05, 0) is 26.3 Å². The number of aryl methyl sites for hydroxylation is 1. The highest BCUT2D eigenvalue weighted by Crippen LogP contribution is 2.36. The molecular weight excluding hydrogens is 312 g/mol. The predicted molar refractivity (Wildman–Crippen MR) is 101 cm³/mol. The van der Waals surface area contributed by atoms with Crippen molar-refractivity contribution < 1.29 is 4.79 Å². The van der Waals surface area contributed by atoms with Crippen LogP contribution >= 0.6 is 0 Å². The molecule has 25 heavy (non-hydrogen) atoms. The summed E-state index contributed by atoms with van der Waals surface area (Å²) in [5.41, 5.74) is 5.01. The van der Waals surface area contributed by atoms with E-state index < -0.39 is 0 Å². The van der Waals surface area contributed by atoms with Crippen molar-refractivity contribution in [2.45, 2.75) is 53.0 Å². The highest BCUT2D eigenvalue weighted by atomic mass is 16.2. The number of hydrogen-bond donors (Lipinski definition) is 1. The van der Waals surface area contributed by atoms with E-state index in [1.807, 2.05) is 13.8 Å². The van der Waals surface area contributed by atoms with Gasteiger partial charge in [-0.25, -0.2) is 4.99 Å². The minimum atomic E-state index is -0.198. The summed E-state index contributed by atoms with van der Waals surface area (Å²) in [6.07, 6.45) is 0. The SMILES string of the molecule is Cc1ccc(C2=Nc3c(C(C)(C)C)nn(C(C)C)c3C(=O)NC2)cc1. The standard InChI is InChI=1S/C20H26N4O/c1-12(2)24-17-16(18(23-24)20(4,5)6)22-15(11-21-19(17)25)14-9-7-13(3)8-10-14/h7-10,12H,11H2,1-6H3,(H,21,25). The molecule has 0 bridgehead atoms. The molecule has 1 aromatic carbocycles. The molecule has 0 saturated carbocycles. The number of rotatable bonds is 2. The Bertz CT molecular complexity index is 836. The molecule has 5 heteroatoms. The zero-order chi connectivity index (χ0) is 18.4. The van der Waals surface area contributed by atoms with E-state index in [1.54, 1.807) is 4.68 Å². The first-order valence-corrected chi connectivity index (χ1v) is 8.74. The van der Waals surface area contributed by atoms with Crippen LogP contribution in [0.4, 0.5) is 5.69 Å². The van der Waals surface area contributed by atoms with Gasteiger partial charge < -0.3 is 5.32 Å². The Labute approximate surface area is 149 Å².